The molecule has 196 valence electrons. The quantitative estimate of drug-likeness (QED) is 0.421. The average Bonchev–Trinajstić information content (AvgIpc) is 2.90. The Morgan fingerprint density at radius 2 is 1.65 bits per heavy atom. The number of hydrogen-bond acceptors (Lipinski definition) is 5. The van der Waals surface area contributed by atoms with Gasteiger partial charge in [-0.2, -0.15) is 4.31 Å². The van der Waals surface area contributed by atoms with Crippen molar-refractivity contribution in [2.24, 2.45) is 0 Å². The molecule has 0 atom stereocenters. The van der Waals surface area contributed by atoms with Gasteiger partial charge in [0.25, 0.3) is 0 Å². The van der Waals surface area contributed by atoms with Gasteiger partial charge in [0.15, 0.2) is 0 Å². The first-order valence-electron chi connectivity index (χ1n) is 12.3. The summed E-state index contributed by atoms with van der Waals surface area (Å²) in [5, 5.41) is 0. The SMILES string of the molecule is CCOc1ccc(S(=O)(=O)N(CC(=O)N2CCN(c3ccc(F)cc3)CC2)Cc2ccccc2)cc1C. The summed E-state index contributed by atoms with van der Waals surface area (Å²) in [6, 6.07) is 20.3. The molecule has 7 nitrogen and oxygen atoms in total. The van der Waals surface area contributed by atoms with Crippen LogP contribution in [0.1, 0.15) is 18.1 Å². The van der Waals surface area contributed by atoms with Crippen molar-refractivity contribution >= 4 is 21.6 Å². The van der Waals surface area contributed by atoms with E-state index in [1.165, 1.54) is 22.5 Å². The van der Waals surface area contributed by atoms with Crippen LogP contribution in [0.2, 0.25) is 0 Å². The van der Waals surface area contributed by atoms with Crippen molar-refractivity contribution in [2.75, 3.05) is 44.2 Å². The molecule has 1 saturated heterocycles. The zero-order valence-corrected chi connectivity index (χ0v) is 22.0. The van der Waals surface area contributed by atoms with Crippen molar-refractivity contribution in [3.63, 3.8) is 0 Å². The molecule has 0 aliphatic carbocycles. The standard InChI is InChI=1S/C28H32FN3O4S/c1-3-36-27-14-13-26(19-22(27)2)37(34,35)32(20-23-7-5-4-6-8-23)21-28(33)31-17-15-30(16-18-31)25-11-9-24(29)10-12-25/h4-14,19H,3,15-18,20-21H2,1-2H3. The van der Waals surface area contributed by atoms with Crippen LogP contribution in [0.25, 0.3) is 0 Å². The van der Waals surface area contributed by atoms with Crippen LogP contribution in [-0.4, -0.2) is 62.9 Å². The van der Waals surface area contributed by atoms with E-state index in [1.54, 1.807) is 36.1 Å². The average molecular weight is 526 g/mol. The molecule has 37 heavy (non-hydrogen) atoms. The van der Waals surface area contributed by atoms with E-state index in [9.17, 15) is 17.6 Å². The van der Waals surface area contributed by atoms with Crippen LogP contribution in [0.5, 0.6) is 5.75 Å². The number of carbonyl (C=O) groups is 1. The van der Waals surface area contributed by atoms with E-state index in [2.05, 4.69) is 4.90 Å². The highest BCUT2D eigenvalue weighted by Gasteiger charge is 2.30. The van der Waals surface area contributed by atoms with Gasteiger partial charge in [-0.3, -0.25) is 4.79 Å². The fraction of sp³-hybridized carbons (Fsp3) is 0.321. The Morgan fingerprint density at radius 1 is 0.973 bits per heavy atom. The highest BCUT2D eigenvalue weighted by Crippen LogP contribution is 2.25. The summed E-state index contributed by atoms with van der Waals surface area (Å²) in [4.78, 5) is 17.2. The zero-order chi connectivity index (χ0) is 26.4. The predicted molar refractivity (Wildman–Crippen MR) is 142 cm³/mol. The number of carbonyl (C=O) groups excluding carboxylic acids is 1. The Bertz CT molecular complexity index is 1310. The Balaban J connectivity index is 1.51. The molecular formula is C28H32FN3O4S. The number of nitrogens with zero attached hydrogens (tertiary/aromatic N) is 3. The zero-order valence-electron chi connectivity index (χ0n) is 21.1. The van der Waals surface area contributed by atoms with Crippen LogP contribution in [0.4, 0.5) is 10.1 Å². The van der Waals surface area contributed by atoms with E-state index >= 15 is 0 Å². The molecule has 0 spiro atoms. The molecule has 1 aliphatic heterocycles. The molecule has 3 aromatic rings. The molecule has 0 saturated carbocycles. The Labute approximate surface area is 218 Å². The first-order chi connectivity index (χ1) is 17.8. The molecule has 4 rings (SSSR count). The molecule has 1 amide bonds. The molecule has 0 unspecified atom stereocenters. The van der Waals surface area contributed by atoms with Gasteiger partial charge in [0.2, 0.25) is 15.9 Å². The van der Waals surface area contributed by atoms with Crippen LogP contribution >= 0.6 is 0 Å². The van der Waals surface area contributed by atoms with Gasteiger partial charge in [-0.1, -0.05) is 30.3 Å². The second kappa shape index (κ2) is 11.7. The molecule has 9 heteroatoms. The van der Waals surface area contributed by atoms with E-state index in [0.29, 0.717) is 44.1 Å². The number of piperazine rings is 1. The Kier molecular flexibility index (Phi) is 8.45. The highest BCUT2D eigenvalue weighted by atomic mass is 32.2. The number of amides is 1. The van der Waals surface area contributed by atoms with Crippen LogP contribution < -0.4 is 9.64 Å². The first kappa shape index (κ1) is 26.6. The maximum Gasteiger partial charge on any atom is 0.243 e. The van der Waals surface area contributed by atoms with Gasteiger partial charge >= 0.3 is 0 Å². The van der Waals surface area contributed by atoms with Crippen molar-refractivity contribution < 1.29 is 22.3 Å². The molecule has 3 aromatic carbocycles. The summed E-state index contributed by atoms with van der Waals surface area (Å²) in [5.41, 5.74) is 2.40. The minimum Gasteiger partial charge on any atom is -0.494 e. The van der Waals surface area contributed by atoms with E-state index < -0.39 is 10.0 Å². The maximum absolute atomic E-state index is 13.7. The van der Waals surface area contributed by atoms with Crippen molar-refractivity contribution in [2.45, 2.75) is 25.3 Å². The van der Waals surface area contributed by atoms with Crippen LogP contribution in [0.3, 0.4) is 0 Å². The molecule has 0 aromatic heterocycles. The summed E-state index contributed by atoms with van der Waals surface area (Å²) in [5.74, 6) is 0.0899. The molecule has 1 fully saturated rings. The lowest BCUT2D eigenvalue weighted by atomic mass is 10.2. The molecule has 0 radical (unpaired) electrons. The fourth-order valence-electron chi connectivity index (χ4n) is 4.38. The van der Waals surface area contributed by atoms with E-state index in [0.717, 1.165) is 11.3 Å². The second-order valence-corrected chi connectivity index (χ2v) is 10.9. The second-order valence-electron chi connectivity index (χ2n) is 8.96. The van der Waals surface area contributed by atoms with Gasteiger partial charge < -0.3 is 14.5 Å². The summed E-state index contributed by atoms with van der Waals surface area (Å²) >= 11 is 0. The number of benzene rings is 3. The minimum atomic E-state index is -3.96. The van der Waals surface area contributed by atoms with Crippen LogP contribution in [-0.2, 0) is 21.4 Å². The number of rotatable bonds is 9. The van der Waals surface area contributed by atoms with Crippen molar-refractivity contribution in [1.29, 1.82) is 0 Å². The van der Waals surface area contributed by atoms with Gasteiger partial charge in [-0.05, 0) is 67.4 Å². The van der Waals surface area contributed by atoms with Crippen molar-refractivity contribution in [1.82, 2.24) is 9.21 Å². The fourth-order valence-corrected chi connectivity index (χ4v) is 5.84. The van der Waals surface area contributed by atoms with Gasteiger partial charge in [-0.25, -0.2) is 12.8 Å². The third-order valence-electron chi connectivity index (χ3n) is 6.42. The topological polar surface area (TPSA) is 70.2 Å². The molecular weight excluding hydrogens is 493 g/mol. The lowest BCUT2D eigenvalue weighted by Gasteiger charge is -2.37. The predicted octanol–water partition coefficient (Wildman–Crippen LogP) is 4.07. The minimum absolute atomic E-state index is 0.0801. The van der Waals surface area contributed by atoms with Gasteiger partial charge in [-0.15, -0.1) is 0 Å². The summed E-state index contributed by atoms with van der Waals surface area (Å²) < 4.78 is 47.5. The number of ether oxygens (including phenoxy) is 1. The monoisotopic (exact) mass is 525 g/mol. The molecule has 1 heterocycles. The third kappa shape index (κ3) is 6.47. The summed E-state index contributed by atoms with van der Waals surface area (Å²) in [6.45, 7) is 6.05. The van der Waals surface area contributed by atoms with E-state index in [-0.39, 0.29) is 29.7 Å². The summed E-state index contributed by atoms with van der Waals surface area (Å²) in [7, 11) is -3.96. The number of anilines is 1. The third-order valence-corrected chi connectivity index (χ3v) is 8.21. The summed E-state index contributed by atoms with van der Waals surface area (Å²) in [6.07, 6.45) is 0. The largest absolute Gasteiger partial charge is 0.494 e. The number of aryl methyl sites for hydroxylation is 1. The van der Waals surface area contributed by atoms with Gasteiger partial charge in [0.05, 0.1) is 18.0 Å². The molecule has 0 bridgehead atoms. The van der Waals surface area contributed by atoms with Crippen LogP contribution in [0.15, 0.2) is 77.7 Å². The van der Waals surface area contributed by atoms with Crippen molar-refractivity contribution in [3.8, 4) is 5.75 Å². The smallest absolute Gasteiger partial charge is 0.243 e. The first-order valence-corrected chi connectivity index (χ1v) is 13.8. The Morgan fingerprint density at radius 3 is 2.27 bits per heavy atom. The lowest BCUT2D eigenvalue weighted by Crippen LogP contribution is -2.51. The van der Waals surface area contributed by atoms with Crippen molar-refractivity contribution in [3.05, 3.63) is 89.7 Å². The lowest BCUT2D eigenvalue weighted by molar-refractivity contribution is -0.131. The normalized spacial score (nSPS) is 14.2. The molecule has 0 N–H and O–H groups in total. The van der Waals surface area contributed by atoms with E-state index in [4.69, 9.17) is 4.74 Å². The maximum atomic E-state index is 13.7. The number of halogens is 1. The highest BCUT2D eigenvalue weighted by molar-refractivity contribution is 7.89. The number of hydrogen-bond donors (Lipinski definition) is 0. The van der Waals surface area contributed by atoms with Crippen LogP contribution in [0, 0.1) is 12.7 Å². The van der Waals surface area contributed by atoms with E-state index in [1.807, 2.05) is 37.3 Å². The van der Waals surface area contributed by atoms with Gasteiger partial charge in [0.1, 0.15) is 11.6 Å². The Hall–Kier alpha value is -3.43. The number of sulfonamides is 1. The molecule has 1 aliphatic rings. The van der Waals surface area contributed by atoms with Gasteiger partial charge in [0, 0.05) is 38.4 Å².